The van der Waals surface area contributed by atoms with Crippen molar-refractivity contribution in [2.45, 2.75) is 13.8 Å². The zero-order chi connectivity index (χ0) is 18.1. The number of benzene rings is 2. The summed E-state index contributed by atoms with van der Waals surface area (Å²) in [6.45, 7) is 4.11. The molecule has 0 fully saturated rings. The van der Waals surface area contributed by atoms with Crippen molar-refractivity contribution in [2.24, 2.45) is 10.1 Å². The van der Waals surface area contributed by atoms with E-state index in [9.17, 15) is 0 Å². The van der Waals surface area contributed by atoms with Crippen LogP contribution in [-0.4, -0.2) is 15.9 Å². The molecular formula is C20H17BrN4S. The van der Waals surface area contributed by atoms with Crippen molar-refractivity contribution in [2.75, 3.05) is 0 Å². The number of H-pyrrole nitrogens is 1. The van der Waals surface area contributed by atoms with Gasteiger partial charge in [0, 0.05) is 32.5 Å². The van der Waals surface area contributed by atoms with Gasteiger partial charge in [-0.2, -0.15) is 5.10 Å². The summed E-state index contributed by atoms with van der Waals surface area (Å²) in [5.41, 5.74) is 5.34. The average molecular weight is 425 g/mol. The highest BCUT2D eigenvalue weighted by Crippen LogP contribution is 2.21. The molecule has 0 aliphatic heterocycles. The molecule has 0 unspecified atom stereocenters. The molecule has 0 radical (unpaired) electrons. The first-order chi connectivity index (χ1) is 12.6. The predicted molar refractivity (Wildman–Crippen MR) is 112 cm³/mol. The van der Waals surface area contributed by atoms with Crippen LogP contribution in [0.2, 0.25) is 0 Å². The smallest absolute Gasteiger partial charge is 0.211 e. The molecule has 1 N–H and O–H groups in total. The van der Waals surface area contributed by atoms with Crippen LogP contribution in [0.3, 0.4) is 0 Å². The monoisotopic (exact) mass is 424 g/mol. The van der Waals surface area contributed by atoms with E-state index in [0.717, 1.165) is 37.1 Å². The van der Waals surface area contributed by atoms with Crippen LogP contribution >= 0.6 is 27.3 Å². The van der Waals surface area contributed by atoms with Crippen LogP contribution in [0, 0.1) is 13.8 Å². The van der Waals surface area contributed by atoms with Crippen molar-refractivity contribution in [3.05, 3.63) is 80.1 Å². The van der Waals surface area contributed by atoms with E-state index in [1.54, 1.807) is 11.3 Å². The Morgan fingerprint density at radius 3 is 2.73 bits per heavy atom. The third-order valence-electron chi connectivity index (χ3n) is 4.10. The lowest BCUT2D eigenvalue weighted by Gasteiger charge is -1.99. The highest BCUT2D eigenvalue weighted by atomic mass is 79.9. The highest BCUT2D eigenvalue weighted by molar-refractivity contribution is 9.10. The topological polar surface area (TPSA) is 45.4 Å². The quantitative estimate of drug-likeness (QED) is 0.420. The summed E-state index contributed by atoms with van der Waals surface area (Å²) in [7, 11) is 0. The third-order valence-corrected chi connectivity index (χ3v) is 5.52. The summed E-state index contributed by atoms with van der Waals surface area (Å²) >= 11 is 5.12. The Morgan fingerprint density at radius 1 is 1.12 bits per heavy atom. The van der Waals surface area contributed by atoms with Crippen LogP contribution in [0.15, 0.2) is 68.6 Å². The maximum Gasteiger partial charge on any atom is 0.211 e. The number of hydrogen-bond acceptors (Lipinski definition) is 3. The zero-order valence-electron chi connectivity index (χ0n) is 14.4. The number of fused-ring (bicyclic) bond motifs is 1. The number of rotatable bonds is 3. The molecule has 0 aliphatic rings. The fourth-order valence-corrected chi connectivity index (χ4v) is 3.86. The number of aromatic nitrogens is 2. The fraction of sp³-hybridized carbons (Fsp3) is 0.100. The van der Waals surface area contributed by atoms with Crippen LogP contribution in [0.5, 0.6) is 0 Å². The first-order valence-electron chi connectivity index (χ1n) is 8.20. The van der Waals surface area contributed by atoms with Gasteiger partial charge < -0.3 is 4.98 Å². The predicted octanol–water partition coefficient (Wildman–Crippen LogP) is 5.52. The molecule has 0 saturated heterocycles. The van der Waals surface area contributed by atoms with Crippen LogP contribution in [0.1, 0.15) is 16.8 Å². The van der Waals surface area contributed by atoms with E-state index in [-0.39, 0.29) is 0 Å². The summed E-state index contributed by atoms with van der Waals surface area (Å²) in [5.74, 6) is 0. The van der Waals surface area contributed by atoms with Crippen molar-refractivity contribution >= 4 is 50.1 Å². The molecular weight excluding hydrogens is 408 g/mol. The largest absolute Gasteiger partial charge is 0.361 e. The molecule has 0 atom stereocenters. The lowest BCUT2D eigenvalue weighted by Crippen LogP contribution is -2.11. The number of nitrogens with zero attached hydrogens (tertiary/aromatic N) is 3. The first-order valence-corrected chi connectivity index (χ1v) is 9.87. The summed E-state index contributed by atoms with van der Waals surface area (Å²) in [5, 5.41) is 7.87. The van der Waals surface area contributed by atoms with Gasteiger partial charge in [0.2, 0.25) is 4.80 Å². The normalized spacial score (nSPS) is 12.5. The standard InChI is InChI=1S/C20H17BrN4S/c1-13-3-6-17(7-4-13)24-20-25(14(2)12-26-20)23-11-15-10-22-19-8-5-16(21)9-18(15)19/h3-12,22H,1-2H3. The van der Waals surface area contributed by atoms with Crippen molar-refractivity contribution < 1.29 is 0 Å². The van der Waals surface area contributed by atoms with E-state index in [2.05, 4.69) is 62.6 Å². The van der Waals surface area contributed by atoms with Crippen molar-refractivity contribution in [3.63, 3.8) is 0 Å². The maximum absolute atomic E-state index is 4.73. The molecule has 4 rings (SSSR count). The van der Waals surface area contributed by atoms with Crippen LogP contribution in [-0.2, 0) is 0 Å². The molecule has 2 heterocycles. The molecule has 0 aliphatic carbocycles. The van der Waals surface area contributed by atoms with Gasteiger partial charge in [-0.15, -0.1) is 11.3 Å². The number of aryl methyl sites for hydroxylation is 2. The Balaban J connectivity index is 1.74. The molecule has 0 bridgehead atoms. The minimum atomic E-state index is 0.851. The molecule has 0 saturated carbocycles. The second kappa shape index (κ2) is 7.05. The minimum Gasteiger partial charge on any atom is -0.361 e. The molecule has 4 nitrogen and oxygen atoms in total. The lowest BCUT2D eigenvalue weighted by atomic mass is 10.2. The van der Waals surface area contributed by atoms with Gasteiger partial charge >= 0.3 is 0 Å². The Hall–Kier alpha value is -2.44. The van der Waals surface area contributed by atoms with Crippen molar-refractivity contribution in [1.29, 1.82) is 0 Å². The van der Waals surface area contributed by atoms with Crippen LogP contribution in [0.25, 0.3) is 10.9 Å². The van der Waals surface area contributed by atoms with E-state index in [1.807, 2.05) is 42.2 Å². The molecule has 2 aromatic heterocycles. The summed E-state index contributed by atoms with van der Waals surface area (Å²) in [6.07, 6.45) is 3.85. The molecule has 26 heavy (non-hydrogen) atoms. The lowest BCUT2D eigenvalue weighted by molar-refractivity contribution is 0.810. The maximum atomic E-state index is 4.73. The van der Waals surface area contributed by atoms with Crippen molar-refractivity contribution in [3.8, 4) is 0 Å². The van der Waals surface area contributed by atoms with Gasteiger partial charge in [0.25, 0.3) is 0 Å². The molecule has 6 heteroatoms. The van der Waals surface area contributed by atoms with E-state index in [4.69, 9.17) is 4.99 Å². The summed E-state index contributed by atoms with van der Waals surface area (Å²) in [6, 6.07) is 14.3. The van der Waals surface area contributed by atoms with Gasteiger partial charge in [-0.3, -0.25) is 0 Å². The van der Waals surface area contributed by atoms with E-state index in [1.165, 1.54) is 5.56 Å². The Morgan fingerprint density at radius 2 is 1.92 bits per heavy atom. The number of aromatic amines is 1. The van der Waals surface area contributed by atoms with Crippen molar-refractivity contribution in [1.82, 2.24) is 9.66 Å². The Bertz CT molecular complexity index is 1160. The first kappa shape index (κ1) is 17.0. The highest BCUT2D eigenvalue weighted by Gasteiger charge is 2.04. The Labute approximate surface area is 163 Å². The molecule has 2 aromatic carbocycles. The third kappa shape index (κ3) is 3.43. The van der Waals surface area contributed by atoms with Gasteiger partial charge in [0.15, 0.2) is 0 Å². The second-order valence-electron chi connectivity index (χ2n) is 6.10. The SMILES string of the molecule is Cc1ccc(N=c2scc(C)n2N=Cc2c[nH]c3ccc(Br)cc23)cc1. The fourth-order valence-electron chi connectivity index (χ4n) is 2.67. The number of nitrogens with one attached hydrogen (secondary N) is 1. The van der Waals surface area contributed by atoms with Gasteiger partial charge in [0.05, 0.1) is 17.6 Å². The molecule has 4 aromatic rings. The second-order valence-corrected chi connectivity index (χ2v) is 7.85. The molecule has 0 amide bonds. The zero-order valence-corrected chi connectivity index (χ0v) is 16.8. The number of thiazole rings is 1. The minimum absolute atomic E-state index is 0.851. The molecule has 0 spiro atoms. The summed E-state index contributed by atoms with van der Waals surface area (Å²) in [4.78, 5) is 8.86. The average Bonchev–Trinajstić information content (AvgIpc) is 3.18. The van der Waals surface area contributed by atoms with Crippen LogP contribution in [0.4, 0.5) is 5.69 Å². The van der Waals surface area contributed by atoms with Gasteiger partial charge in [0.1, 0.15) is 0 Å². The van der Waals surface area contributed by atoms with E-state index in [0.29, 0.717) is 0 Å². The number of halogens is 1. The molecule has 130 valence electrons. The van der Waals surface area contributed by atoms with Gasteiger partial charge in [-0.1, -0.05) is 33.6 Å². The summed E-state index contributed by atoms with van der Waals surface area (Å²) < 4.78 is 2.93. The van der Waals surface area contributed by atoms with E-state index < -0.39 is 0 Å². The van der Waals surface area contributed by atoms with Gasteiger partial charge in [-0.05, 0) is 44.2 Å². The van der Waals surface area contributed by atoms with Crippen LogP contribution < -0.4 is 4.80 Å². The van der Waals surface area contributed by atoms with E-state index >= 15 is 0 Å². The number of hydrogen-bond donors (Lipinski definition) is 1. The Kier molecular flexibility index (Phi) is 4.61. The van der Waals surface area contributed by atoms with Gasteiger partial charge in [-0.25, -0.2) is 9.67 Å².